The molecular formula is C11H24O2. The first-order valence-electron chi connectivity index (χ1n) is 5.18. The van der Waals surface area contributed by atoms with Crippen molar-refractivity contribution in [1.29, 1.82) is 0 Å². The molecule has 0 aromatic rings. The van der Waals surface area contributed by atoms with Crippen LogP contribution in [0.3, 0.4) is 0 Å². The Balaban J connectivity index is 3.57. The second kappa shape index (κ2) is 5.61. The lowest BCUT2D eigenvalue weighted by Crippen LogP contribution is -2.20. The van der Waals surface area contributed by atoms with Crippen molar-refractivity contribution in [3.63, 3.8) is 0 Å². The molecule has 0 aliphatic rings. The lowest BCUT2D eigenvalue weighted by atomic mass is 9.90. The van der Waals surface area contributed by atoms with Crippen LogP contribution in [0.15, 0.2) is 0 Å². The molecular weight excluding hydrogens is 164 g/mol. The molecule has 0 aromatic carbocycles. The number of aliphatic hydroxyl groups is 1. The van der Waals surface area contributed by atoms with Gasteiger partial charge < -0.3 is 9.84 Å². The van der Waals surface area contributed by atoms with Crippen LogP contribution >= 0.6 is 0 Å². The second-order valence-corrected chi connectivity index (χ2v) is 4.91. The maximum atomic E-state index is 9.49. The van der Waals surface area contributed by atoms with Gasteiger partial charge in [0.2, 0.25) is 0 Å². The van der Waals surface area contributed by atoms with Crippen molar-refractivity contribution in [3.05, 3.63) is 0 Å². The molecule has 0 fully saturated rings. The largest absolute Gasteiger partial charge is 0.368 e. The molecule has 2 atom stereocenters. The molecule has 2 nitrogen and oxygen atoms in total. The number of rotatable bonds is 5. The van der Waals surface area contributed by atoms with Gasteiger partial charge in [-0.15, -0.1) is 0 Å². The van der Waals surface area contributed by atoms with Crippen LogP contribution in [-0.4, -0.2) is 17.5 Å². The van der Waals surface area contributed by atoms with Crippen LogP contribution in [0.25, 0.3) is 0 Å². The third-order valence-electron chi connectivity index (χ3n) is 2.11. The van der Waals surface area contributed by atoms with Gasteiger partial charge in [0, 0.05) is 0 Å². The summed E-state index contributed by atoms with van der Waals surface area (Å²) in [4.78, 5) is 0. The molecule has 0 rings (SSSR count). The highest BCUT2D eigenvalue weighted by Crippen LogP contribution is 2.22. The highest BCUT2D eigenvalue weighted by Gasteiger charge is 2.14. The normalized spacial score (nSPS) is 17.1. The first-order valence-corrected chi connectivity index (χ1v) is 5.18. The summed E-state index contributed by atoms with van der Waals surface area (Å²) in [5.41, 5.74) is 0.278. The molecule has 2 unspecified atom stereocenters. The number of hydrogen-bond donors (Lipinski definition) is 1. The van der Waals surface area contributed by atoms with Crippen molar-refractivity contribution < 1.29 is 9.84 Å². The van der Waals surface area contributed by atoms with E-state index in [-0.39, 0.29) is 11.5 Å². The fourth-order valence-electron chi connectivity index (χ4n) is 0.989. The van der Waals surface area contributed by atoms with Crippen LogP contribution in [-0.2, 0) is 4.74 Å². The molecule has 80 valence electrons. The topological polar surface area (TPSA) is 29.5 Å². The van der Waals surface area contributed by atoms with Gasteiger partial charge in [0.25, 0.3) is 0 Å². The molecule has 0 amide bonds. The van der Waals surface area contributed by atoms with Gasteiger partial charge in [0.1, 0.15) is 0 Å². The average Bonchev–Trinajstić information content (AvgIpc) is 1.99. The summed E-state index contributed by atoms with van der Waals surface area (Å²) in [6, 6.07) is 0. The van der Waals surface area contributed by atoms with Crippen LogP contribution < -0.4 is 0 Å². The highest BCUT2D eigenvalue weighted by atomic mass is 16.6. The van der Waals surface area contributed by atoms with Gasteiger partial charge in [-0.25, -0.2) is 0 Å². The minimum absolute atomic E-state index is 0.162. The second-order valence-electron chi connectivity index (χ2n) is 4.91. The predicted molar refractivity (Wildman–Crippen MR) is 55.5 cm³/mol. The van der Waals surface area contributed by atoms with Gasteiger partial charge in [-0.05, 0) is 31.6 Å². The third-order valence-corrected chi connectivity index (χ3v) is 2.11. The SMILES string of the molecule is CCC(C)OC(O)CCC(C)(C)C. The fourth-order valence-corrected chi connectivity index (χ4v) is 0.989. The molecule has 0 saturated heterocycles. The van der Waals surface area contributed by atoms with Gasteiger partial charge in [0.05, 0.1) is 6.10 Å². The van der Waals surface area contributed by atoms with E-state index in [1.165, 1.54) is 0 Å². The Morgan fingerprint density at radius 2 is 1.85 bits per heavy atom. The molecule has 0 spiro atoms. The molecule has 0 saturated carbocycles. The lowest BCUT2D eigenvalue weighted by molar-refractivity contribution is -0.137. The molecule has 0 aromatic heterocycles. The molecule has 2 heteroatoms. The molecule has 0 bridgehead atoms. The van der Waals surface area contributed by atoms with E-state index in [9.17, 15) is 5.11 Å². The van der Waals surface area contributed by atoms with Crippen LogP contribution in [0.4, 0.5) is 0 Å². The zero-order valence-electron chi connectivity index (χ0n) is 9.63. The van der Waals surface area contributed by atoms with E-state index >= 15 is 0 Å². The first-order chi connectivity index (χ1) is 5.85. The zero-order chi connectivity index (χ0) is 10.5. The summed E-state index contributed by atoms with van der Waals surface area (Å²) >= 11 is 0. The average molecular weight is 188 g/mol. The van der Waals surface area contributed by atoms with Crippen molar-refractivity contribution in [1.82, 2.24) is 0 Å². The minimum Gasteiger partial charge on any atom is -0.368 e. The van der Waals surface area contributed by atoms with E-state index in [2.05, 4.69) is 27.7 Å². The van der Waals surface area contributed by atoms with Crippen LogP contribution in [0.1, 0.15) is 53.9 Å². The summed E-state index contributed by atoms with van der Waals surface area (Å²) in [7, 11) is 0. The summed E-state index contributed by atoms with van der Waals surface area (Å²) in [5.74, 6) is 0. The molecule has 13 heavy (non-hydrogen) atoms. The van der Waals surface area contributed by atoms with Crippen molar-refractivity contribution >= 4 is 0 Å². The maximum Gasteiger partial charge on any atom is 0.154 e. The van der Waals surface area contributed by atoms with Crippen molar-refractivity contribution in [2.24, 2.45) is 5.41 Å². The fraction of sp³-hybridized carbons (Fsp3) is 1.00. The number of hydrogen-bond acceptors (Lipinski definition) is 2. The van der Waals surface area contributed by atoms with Gasteiger partial charge in [-0.1, -0.05) is 27.7 Å². The van der Waals surface area contributed by atoms with Gasteiger partial charge in [-0.3, -0.25) is 0 Å². The van der Waals surface area contributed by atoms with Crippen LogP contribution in [0.5, 0.6) is 0 Å². The summed E-state index contributed by atoms with van der Waals surface area (Å²) in [5, 5.41) is 9.49. The van der Waals surface area contributed by atoms with Crippen LogP contribution in [0, 0.1) is 5.41 Å². The van der Waals surface area contributed by atoms with E-state index < -0.39 is 6.29 Å². The molecule has 0 radical (unpaired) electrons. The Morgan fingerprint density at radius 1 is 1.31 bits per heavy atom. The van der Waals surface area contributed by atoms with E-state index in [1.807, 2.05) is 6.92 Å². The van der Waals surface area contributed by atoms with Gasteiger partial charge >= 0.3 is 0 Å². The van der Waals surface area contributed by atoms with E-state index in [4.69, 9.17) is 4.74 Å². The zero-order valence-corrected chi connectivity index (χ0v) is 9.63. The Kier molecular flexibility index (Phi) is 5.57. The summed E-state index contributed by atoms with van der Waals surface area (Å²) < 4.78 is 5.35. The van der Waals surface area contributed by atoms with E-state index in [0.717, 1.165) is 19.3 Å². The minimum atomic E-state index is -0.589. The van der Waals surface area contributed by atoms with Crippen LogP contribution in [0.2, 0.25) is 0 Å². The Labute approximate surface area is 82.3 Å². The summed E-state index contributed by atoms with van der Waals surface area (Å²) in [6.45, 7) is 10.6. The number of ether oxygens (including phenoxy) is 1. The lowest BCUT2D eigenvalue weighted by Gasteiger charge is -2.22. The van der Waals surface area contributed by atoms with Crippen molar-refractivity contribution in [2.45, 2.75) is 66.3 Å². The van der Waals surface area contributed by atoms with E-state index in [0.29, 0.717) is 0 Å². The Morgan fingerprint density at radius 3 is 2.23 bits per heavy atom. The van der Waals surface area contributed by atoms with Crippen molar-refractivity contribution in [3.8, 4) is 0 Å². The first kappa shape index (κ1) is 12.9. The summed E-state index contributed by atoms with van der Waals surface area (Å²) in [6.07, 6.45) is 2.24. The predicted octanol–water partition coefficient (Wildman–Crippen LogP) is 2.95. The quantitative estimate of drug-likeness (QED) is 0.672. The molecule has 1 N–H and O–H groups in total. The number of aliphatic hydroxyl groups excluding tert-OH is 1. The standard InChI is InChI=1S/C11H24O2/c1-6-9(2)13-10(12)7-8-11(3,4)5/h9-10,12H,6-8H2,1-5H3. The molecule has 0 aliphatic heterocycles. The Hall–Kier alpha value is -0.0800. The van der Waals surface area contributed by atoms with Gasteiger partial charge in [-0.2, -0.15) is 0 Å². The smallest absolute Gasteiger partial charge is 0.154 e. The Bertz CT molecular complexity index is 127. The van der Waals surface area contributed by atoms with Gasteiger partial charge in [0.15, 0.2) is 6.29 Å². The van der Waals surface area contributed by atoms with Crippen molar-refractivity contribution in [2.75, 3.05) is 0 Å². The highest BCUT2D eigenvalue weighted by molar-refractivity contribution is 4.62. The third kappa shape index (κ3) is 8.26. The van der Waals surface area contributed by atoms with E-state index in [1.54, 1.807) is 0 Å². The maximum absolute atomic E-state index is 9.49. The molecule has 0 heterocycles. The monoisotopic (exact) mass is 188 g/mol. The molecule has 0 aliphatic carbocycles.